The second-order valence-electron chi connectivity index (χ2n) is 4.55. The number of nitrogens with two attached hydrogens (primary N) is 1. The van der Waals surface area contributed by atoms with Crippen LogP contribution in [0.3, 0.4) is 0 Å². The van der Waals surface area contributed by atoms with Crippen molar-refractivity contribution in [3.63, 3.8) is 0 Å². The van der Waals surface area contributed by atoms with E-state index in [-0.39, 0.29) is 12.1 Å². The second kappa shape index (κ2) is 6.18. The van der Waals surface area contributed by atoms with Gasteiger partial charge in [-0.15, -0.1) is 11.3 Å². The summed E-state index contributed by atoms with van der Waals surface area (Å²) in [6.45, 7) is 1.85. The number of aliphatic hydroxyl groups excluding tert-OH is 1. The van der Waals surface area contributed by atoms with Crippen LogP contribution in [0.1, 0.15) is 28.0 Å². The lowest BCUT2D eigenvalue weighted by atomic mass is 9.92. The molecule has 0 aliphatic rings. The van der Waals surface area contributed by atoms with Crippen LogP contribution in [0.25, 0.3) is 0 Å². The van der Waals surface area contributed by atoms with Crippen LogP contribution in [0.2, 0.25) is 5.02 Å². The average Bonchev–Trinajstić information content (AvgIpc) is 2.73. The molecule has 3 N–H and O–H groups in total. The number of benzene rings is 1. The summed E-state index contributed by atoms with van der Waals surface area (Å²) >= 11 is 7.41. The highest BCUT2D eigenvalue weighted by atomic mass is 35.5. The zero-order valence-corrected chi connectivity index (χ0v) is 12.3. The molecule has 2 aromatic rings. The molecular formula is C14H14ClF2NOS. The largest absolute Gasteiger partial charge is 0.387 e. The van der Waals surface area contributed by atoms with Crippen LogP contribution < -0.4 is 5.73 Å². The smallest absolute Gasteiger partial charge is 0.129 e. The van der Waals surface area contributed by atoms with E-state index in [1.165, 1.54) is 17.4 Å². The minimum Gasteiger partial charge on any atom is -0.387 e. The molecule has 0 fully saturated rings. The number of hydrogen-bond donors (Lipinski definition) is 2. The van der Waals surface area contributed by atoms with Gasteiger partial charge in [-0.25, -0.2) is 8.78 Å². The van der Waals surface area contributed by atoms with Crippen molar-refractivity contribution in [1.82, 2.24) is 0 Å². The summed E-state index contributed by atoms with van der Waals surface area (Å²) in [6.07, 6.45) is -1.02. The molecule has 0 radical (unpaired) electrons. The highest BCUT2D eigenvalue weighted by molar-refractivity contribution is 7.10. The molecule has 1 aromatic heterocycles. The Labute approximate surface area is 124 Å². The molecule has 0 saturated carbocycles. The molecule has 0 aliphatic heterocycles. The Kier molecular flexibility index (Phi) is 4.75. The molecule has 1 aromatic carbocycles. The normalized spacial score (nSPS) is 14.3. The molecule has 0 aliphatic carbocycles. The van der Waals surface area contributed by atoms with Gasteiger partial charge in [0, 0.05) is 18.5 Å². The molecule has 1 heterocycles. The molecule has 2 unspecified atom stereocenters. The van der Waals surface area contributed by atoms with E-state index in [0.717, 1.165) is 17.7 Å². The maximum absolute atomic E-state index is 13.8. The Bertz CT molecular complexity index is 617. The molecule has 2 rings (SSSR count). The fourth-order valence-electron chi connectivity index (χ4n) is 2.06. The molecule has 0 amide bonds. The Morgan fingerprint density at radius 1 is 1.40 bits per heavy atom. The van der Waals surface area contributed by atoms with Gasteiger partial charge in [0.05, 0.1) is 16.0 Å². The van der Waals surface area contributed by atoms with Crippen LogP contribution in [0, 0.1) is 18.6 Å². The number of hydrogen-bond acceptors (Lipinski definition) is 3. The van der Waals surface area contributed by atoms with Gasteiger partial charge in [-0.1, -0.05) is 17.7 Å². The molecule has 108 valence electrons. The predicted molar refractivity (Wildman–Crippen MR) is 77.2 cm³/mol. The van der Waals surface area contributed by atoms with E-state index in [1.54, 1.807) is 0 Å². The molecule has 6 heteroatoms. The molecule has 2 nitrogen and oxygen atoms in total. The summed E-state index contributed by atoms with van der Waals surface area (Å²) < 4.78 is 26.8. The van der Waals surface area contributed by atoms with E-state index in [4.69, 9.17) is 17.3 Å². The standard InChI is InChI=1S/C14H14ClF2NOS/c1-7-6-20-14(12(7)15)13(19)10(5-18)9-3-2-8(16)4-11(9)17/h2-4,6,10,13,19H,5,18H2,1H3. The van der Waals surface area contributed by atoms with Crippen molar-refractivity contribution >= 4 is 22.9 Å². The van der Waals surface area contributed by atoms with Gasteiger partial charge in [-0.05, 0) is 29.5 Å². The van der Waals surface area contributed by atoms with Crippen LogP contribution in [0.15, 0.2) is 23.6 Å². The first-order valence-electron chi connectivity index (χ1n) is 6.02. The van der Waals surface area contributed by atoms with E-state index >= 15 is 0 Å². The SMILES string of the molecule is Cc1csc(C(O)C(CN)c2ccc(F)cc2F)c1Cl. The highest BCUT2D eigenvalue weighted by Gasteiger charge is 2.27. The lowest BCUT2D eigenvalue weighted by Gasteiger charge is -2.22. The summed E-state index contributed by atoms with van der Waals surface area (Å²) in [5, 5.41) is 12.7. The van der Waals surface area contributed by atoms with Crippen LogP contribution in [0.5, 0.6) is 0 Å². The van der Waals surface area contributed by atoms with E-state index in [1.807, 2.05) is 12.3 Å². The van der Waals surface area contributed by atoms with Gasteiger partial charge >= 0.3 is 0 Å². The van der Waals surface area contributed by atoms with Gasteiger partial charge in [0.15, 0.2) is 0 Å². The Balaban J connectivity index is 2.39. The number of aryl methyl sites for hydroxylation is 1. The van der Waals surface area contributed by atoms with Crippen molar-refractivity contribution in [2.24, 2.45) is 5.73 Å². The monoisotopic (exact) mass is 317 g/mol. The minimum atomic E-state index is -1.02. The van der Waals surface area contributed by atoms with Crippen LogP contribution in [-0.4, -0.2) is 11.7 Å². The Hall–Kier alpha value is -1.01. The van der Waals surface area contributed by atoms with Crippen LogP contribution in [-0.2, 0) is 0 Å². The van der Waals surface area contributed by atoms with Gasteiger partial charge in [0.1, 0.15) is 11.6 Å². The zero-order chi connectivity index (χ0) is 14.9. The van der Waals surface area contributed by atoms with Gasteiger partial charge in [-0.3, -0.25) is 0 Å². The summed E-state index contributed by atoms with van der Waals surface area (Å²) in [4.78, 5) is 0.545. The van der Waals surface area contributed by atoms with Gasteiger partial charge in [0.25, 0.3) is 0 Å². The van der Waals surface area contributed by atoms with Crippen LogP contribution >= 0.6 is 22.9 Å². The van der Waals surface area contributed by atoms with Crippen LogP contribution in [0.4, 0.5) is 8.78 Å². The Morgan fingerprint density at radius 3 is 2.60 bits per heavy atom. The summed E-state index contributed by atoms with van der Waals surface area (Å²) in [7, 11) is 0. The van der Waals surface area contributed by atoms with E-state index < -0.39 is 23.7 Å². The molecular weight excluding hydrogens is 304 g/mol. The zero-order valence-electron chi connectivity index (χ0n) is 10.7. The molecule has 0 spiro atoms. The molecule has 2 atom stereocenters. The predicted octanol–water partition coefficient (Wildman–Crippen LogP) is 3.76. The number of aliphatic hydroxyl groups is 1. The van der Waals surface area contributed by atoms with Crippen molar-refractivity contribution in [1.29, 1.82) is 0 Å². The van der Waals surface area contributed by atoms with Gasteiger partial charge in [0.2, 0.25) is 0 Å². The first-order chi connectivity index (χ1) is 9.45. The second-order valence-corrected chi connectivity index (χ2v) is 5.84. The molecule has 0 saturated heterocycles. The third-order valence-corrected chi connectivity index (χ3v) is 4.98. The van der Waals surface area contributed by atoms with E-state index in [0.29, 0.717) is 9.90 Å². The molecule has 20 heavy (non-hydrogen) atoms. The summed E-state index contributed by atoms with van der Waals surface area (Å²) in [6, 6.07) is 3.24. The lowest BCUT2D eigenvalue weighted by Crippen LogP contribution is -2.21. The van der Waals surface area contributed by atoms with E-state index in [9.17, 15) is 13.9 Å². The lowest BCUT2D eigenvalue weighted by molar-refractivity contribution is 0.149. The van der Waals surface area contributed by atoms with E-state index in [2.05, 4.69) is 0 Å². The maximum Gasteiger partial charge on any atom is 0.129 e. The average molecular weight is 318 g/mol. The van der Waals surface area contributed by atoms with Gasteiger partial charge in [-0.2, -0.15) is 0 Å². The van der Waals surface area contributed by atoms with Crippen molar-refractivity contribution < 1.29 is 13.9 Å². The Morgan fingerprint density at radius 2 is 2.10 bits per heavy atom. The number of halogens is 3. The number of thiophene rings is 1. The topological polar surface area (TPSA) is 46.2 Å². The third kappa shape index (κ3) is 2.86. The summed E-state index contributed by atoms with van der Waals surface area (Å²) in [5.74, 6) is -2.06. The van der Waals surface area contributed by atoms with Crippen molar-refractivity contribution in [3.05, 3.63) is 56.2 Å². The van der Waals surface area contributed by atoms with Crippen molar-refractivity contribution in [2.75, 3.05) is 6.54 Å². The van der Waals surface area contributed by atoms with Crippen molar-refractivity contribution in [3.8, 4) is 0 Å². The third-order valence-electron chi connectivity index (χ3n) is 3.19. The fraction of sp³-hybridized carbons (Fsp3) is 0.286. The fourth-order valence-corrected chi connectivity index (χ4v) is 3.41. The quantitative estimate of drug-likeness (QED) is 0.902. The number of rotatable bonds is 4. The maximum atomic E-state index is 13.8. The first kappa shape index (κ1) is 15.4. The molecule has 0 bridgehead atoms. The van der Waals surface area contributed by atoms with Gasteiger partial charge < -0.3 is 10.8 Å². The highest BCUT2D eigenvalue weighted by Crippen LogP contribution is 2.39. The minimum absolute atomic E-state index is 0.0248. The van der Waals surface area contributed by atoms with Crippen molar-refractivity contribution in [2.45, 2.75) is 18.9 Å². The summed E-state index contributed by atoms with van der Waals surface area (Å²) in [5.41, 5.74) is 6.68. The first-order valence-corrected chi connectivity index (χ1v) is 7.28.